The molecular formula is C26H34OS2. The number of hydrogen-bond acceptors (Lipinski definition) is 3. The van der Waals surface area contributed by atoms with Crippen LogP contribution in [-0.4, -0.2) is 10.6 Å². The molecule has 2 aromatic rings. The Hall–Kier alpha value is -1.32. The Morgan fingerprint density at radius 1 is 1.03 bits per heavy atom. The fourth-order valence-electron chi connectivity index (χ4n) is 4.28. The summed E-state index contributed by atoms with van der Waals surface area (Å²) >= 11 is 7.63. The highest BCUT2D eigenvalue weighted by Crippen LogP contribution is 2.35. The van der Waals surface area contributed by atoms with Gasteiger partial charge >= 0.3 is 0 Å². The van der Waals surface area contributed by atoms with Crippen LogP contribution in [0.4, 0.5) is 0 Å². The van der Waals surface area contributed by atoms with Crippen LogP contribution in [0.15, 0.2) is 36.4 Å². The molecule has 1 atom stereocenters. The normalized spacial score (nSPS) is 18.8. The van der Waals surface area contributed by atoms with Crippen molar-refractivity contribution >= 4 is 49.9 Å². The molecule has 0 amide bonds. The van der Waals surface area contributed by atoms with E-state index in [2.05, 4.69) is 37.3 Å². The van der Waals surface area contributed by atoms with Crippen LogP contribution in [0.1, 0.15) is 88.9 Å². The fraction of sp³-hybridized carbons (Fsp3) is 0.538. The lowest BCUT2D eigenvalue weighted by Gasteiger charge is -2.20. The van der Waals surface area contributed by atoms with E-state index in [-0.39, 0.29) is 5.78 Å². The zero-order valence-corrected chi connectivity index (χ0v) is 19.4. The van der Waals surface area contributed by atoms with Crippen molar-refractivity contribution < 1.29 is 4.79 Å². The van der Waals surface area contributed by atoms with Crippen LogP contribution in [0.25, 0.3) is 15.7 Å². The monoisotopic (exact) mass is 426 g/mol. The summed E-state index contributed by atoms with van der Waals surface area (Å²) in [5.74, 6) is 0.789. The minimum absolute atomic E-state index is 0.259. The summed E-state index contributed by atoms with van der Waals surface area (Å²) in [5, 5.41) is 1.28. The number of allylic oxidation sites excluding steroid dienone is 2. The number of carbonyl (C=O) groups is 1. The molecule has 1 nitrogen and oxygen atoms in total. The topological polar surface area (TPSA) is 17.1 Å². The lowest BCUT2D eigenvalue weighted by molar-refractivity contribution is -0.114. The molecule has 0 saturated carbocycles. The molecule has 1 aliphatic rings. The van der Waals surface area contributed by atoms with Crippen molar-refractivity contribution in [2.24, 2.45) is 5.92 Å². The number of ketones is 1. The van der Waals surface area contributed by atoms with Crippen LogP contribution < -0.4 is 0 Å². The van der Waals surface area contributed by atoms with Crippen molar-refractivity contribution in [3.63, 3.8) is 0 Å². The number of benzene rings is 1. The molecule has 0 radical (unpaired) electrons. The first kappa shape index (κ1) is 22.4. The summed E-state index contributed by atoms with van der Waals surface area (Å²) < 4.78 is 1.30. The Morgan fingerprint density at radius 2 is 1.83 bits per heavy atom. The van der Waals surface area contributed by atoms with Gasteiger partial charge in [-0.1, -0.05) is 75.9 Å². The molecule has 1 aliphatic carbocycles. The maximum absolute atomic E-state index is 12.5. The molecule has 1 heterocycles. The highest BCUT2D eigenvalue weighted by atomic mass is 32.1. The first-order valence-electron chi connectivity index (χ1n) is 11.4. The molecule has 156 valence electrons. The van der Waals surface area contributed by atoms with Crippen LogP contribution in [0, 0.1) is 5.92 Å². The van der Waals surface area contributed by atoms with E-state index in [0.717, 1.165) is 25.7 Å². The summed E-state index contributed by atoms with van der Waals surface area (Å²) in [7, 11) is 0. The zero-order chi connectivity index (χ0) is 20.5. The molecule has 0 saturated heterocycles. The van der Waals surface area contributed by atoms with Gasteiger partial charge in [-0.2, -0.15) is 0 Å². The smallest absolute Gasteiger partial charge is 0.156 e. The zero-order valence-electron chi connectivity index (χ0n) is 17.8. The average Bonchev–Trinajstić information content (AvgIpc) is 3.15. The number of fused-ring (bicyclic) bond motifs is 1. The summed E-state index contributed by atoms with van der Waals surface area (Å²) in [4.78, 5) is 14.9. The molecule has 1 aromatic heterocycles. The summed E-state index contributed by atoms with van der Waals surface area (Å²) in [6, 6.07) is 10.8. The quantitative estimate of drug-likeness (QED) is 0.310. The first-order chi connectivity index (χ1) is 14.2. The number of thiocarbonyl (C=S) groups is 1. The fourth-order valence-corrected chi connectivity index (χ4v) is 5.77. The minimum atomic E-state index is 0.259. The van der Waals surface area contributed by atoms with Crippen molar-refractivity contribution in [1.82, 2.24) is 0 Å². The van der Waals surface area contributed by atoms with E-state index >= 15 is 0 Å². The van der Waals surface area contributed by atoms with Crippen molar-refractivity contribution in [3.05, 3.63) is 41.3 Å². The number of hydrogen-bond donors (Lipinski definition) is 0. The Balaban J connectivity index is 1.67. The van der Waals surface area contributed by atoms with Crippen LogP contribution in [0.2, 0.25) is 0 Å². The molecule has 0 spiro atoms. The molecule has 0 fully saturated rings. The van der Waals surface area contributed by atoms with Gasteiger partial charge in [0.15, 0.2) is 5.78 Å². The second kappa shape index (κ2) is 11.8. The molecule has 0 aliphatic heterocycles. The SMILES string of the molecule is CCCCCCCCC1CCC(c2cc3ccccc3s2)=CC(=O)CCCC1=S. The second-order valence-electron chi connectivity index (χ2n) is 8.40. The molecule has 29 heavy (non-hydrogen) atoms. The van der Waals surface area contributed by atoms with Crippen LogP contribution in [0.3, 0.4) is 0 Å². The van der Waals surface area contributed by atoms with E-state index in [1.54, 1.807) is 0 Å². The summed E-state index contributed by atoms with van der Waals surface area (Å²) in [6.07, 6.45) is 15.7. The van der Waals surface area contributed by atoms with Gasteiger partial charge in [-0.25, -0.2) is 0 Å². The Bertz CT molecular complexity index is 812. The molecule has 3 heteroatoms. The van der Waals surface area contributed by atoms with Crippen molar-refractivity contribution in [2.45, 2.75) is 84.0 Å². The predicted octanol–water partition coefficient (Wildman–Crippen LogP) is 8.55. The molecule has 0 bridgehead atoms. The van der Waals surface area contributed by atoms with Gasteiger partial charge in [0.1, 0.15) is 0 Å². The molecule has 3 rings (SSSR count). The Morgan fingerprint density at radius 3 is 2.66 bits per heavy atom. The second-order valence-corrected chi connectivity index (χ2v) is 10.0. The van der Waals surface area contributed by atoms with E-state index in [9.17, 15) is 4.79 Å². The highest BCUT2D eigenvalue weighted by molar-refractivity contribution is 7.80. The van der Waals surface area contributed by atoms with Crippen LogP contribution >= 0.6 is 23.6 Å². The van der Waals surface area contributed by atoms with E-state index in [0.29, 0.717) is 12.3 Å². The number of unbranched alkanes of at least 4 members (excludes halogenated alkanes) is 5. The van der Waals surface area contributed by atoms with Gasteiger partial charge in [-0.3, -0.25) is 4.79 Å². The van der Waals surface area contributed by atoms with Gasteiger partial charge < -0.3 is 0 Å². The molecular weight excluding hydrogens is 392 g/mol. The largest absolute Gasteiger partial charge is 0.295 e. The van der Waals surface area contributed by atoms with Gasteiger partial charge in [-0.05, 0) is 72.1 Å². The van der Waals surface area contributed by atoms with Gasteiger partial charge in [0.2, 0.25) is 0 Å². The molecule has 1 unspecified atom stereocenters. The number of thiophene rings is 1. The Labute approximate surface area is 185 Å². The third-order valence-electron chi connectivity index (χ3n) is 6.05. The van der Waals surface area contributed by atoms with Gasteiger partial charge in [-0.15, -0.1) is 11.3 Å². The molecule has 0 N–H and O–H groups in total. The van der Waals surface area contributed by atoms with Gasteiger partial charge in [0.05, 0.1) is 0 Å². The van der Waals surface area contributed by atoms with Crippen LogP contribution in [0.5, 0.6) is 0 Å². The third kappa shape index (κ3) is 6.86. The van der Waals surface area contributed by atoms with E-state index < -0.39 is 0 Å². The maximum Gasteiger partial charge on any atom is 0.156 e. The standard InChI is InChI=1S/C26H34OS2/c1-2-3-4-5-6-7-11-20-16-17-22(18-23(27)13-10-14-24(20)28)26-19-21-12-8-9-15-25(21)29-26/h8-9,12,15,18-20H,2-7,10-11,13-14,16-17H2,1H3. The average molecular weight is 427 g/mol. The predicted molar refractivity (Wildman–Crippen MR) is 132 cm³/mol. The number of rotatable bonds is 8. The van der Waals surface area contributed by atoms with Gasteiger partial charge in [0, 0.05) is 16.0 Å². The van der Waals surface area contributed by atoms with Crippen LogP contribution in [-0.2, 0) is 4.79 Å². The minimum Gasteiger partial charge on any atom is -0.295 e. The highest BCUT2D eigenvalue weighted by Gasteiger charge is 2.19. The molecule has 1 aromatic carbocycles. The summed E-state index contributed by atoms with van der Waals surface area (Å²) in [5.41, 5.74) is 1.22. The third-order valence-corrected chi connectivity index (χ3v) is 7.78. The van der Waals surface area contributed by atoms with Crippen molar-refractivity contribution in [2.75, 3.05) is 0 Å². The maximum atomic E-state index is 12.5. The first-order valence-corrected chi connectivity index (χ1v) is 12.6. The lowest BCUT2D eigenvalue weighted by atomic mass is 9.87. The summed E-state index contributed by atoms with van der Waals surface area (Å²) in [6.45, 7) is 2.27. The Kier molecular flexibility index (Phi) is 9.07. The lowest BCUT2D eigenvalue weighted by Crippen LogP contribution is -2.14. The van der Waals surface area contributed by atoms with E-state index in [1.165, 1.54) is 70.3 Å². The van der Waals surface area contributed by atoms with Gasteiger partial charge in [0.25, 0.3) is 0 Å². The van der Waals surface area contributed by atoms with E-state index in [4.69, 9.17) is 12.2 Å². The number of carbonyl (C=O) groups excluding carboxylic acids is 1. The van der Waals surface area contributed by atoms with E-state index in [1.807, 2.05) is 17.4 Å². The van der Waals surface area contributed by atoms with Crippen molar-refractivity contribution in [1.29, 1.82) is 0 Å². The van der Waals surface area contributed by atoms with Crippen molar-refractivity contribution in [3.8, 4) is 0 Å².